The lowest BCUT2D eigenvalue weighted by Gasteiger charge is -2.31. The Morgan fingerprint density at radius 3 is 2.67 bits per heavy atom. The molecule has 2 aromatic carbocycles. The van der Waals surface area contributed by atoms with Crippen LogP contribution < -0.4 is 10.1 Å². The van der Waals surface area contributed by atoms with E-state index in [0.29, 0.717) is 12.3 Å². The highest BCUT2D eigenvalue weighted by Crippen LogP contribution is 2.44. The highest BCUT2D eigenvalue weighted by atomic mass is 16.5. The van der Waals surface area contributed by atoms with Crippen molar-refractivity contribution in [3.8, 4) is 5.75 Å². The van der Waals surface area contributed by atoms with Crippen LogP contribution in [0.2, 0.25) is 0 Å². The molecule has 1 spiro atoms. The number of nitrogens with one attached hydrogen (secondary N) is 1. The number of aryl methyl sites for hydroxylation is 1. The average Bonchev–Trinajstić information content (AvgIpc) is 3.37. The van der Waals surface area contributed by atoms with Gasteiger partial charge in [0.2, 0.25) is 0 Å². The lowest BCUT2D eigenvalue weighted by atomic mass is 9.94. The maximum Gasteiger partial charge on any atom is 0.287 e. The fraction of sp³-hybridized carbons (Fsp3) is 0.346. The number of ether oxygens (including phenoxy) is 1. The van der Waals surface area contributed by atoms with Crippen molar-refractivity contribution in [2.45, 2.75) is 51.0 Å². The molecule has 0 saturated heterocycles. The van der Waals surface area contributed by atoms with Gasteiger partial charge in [0.15, 0.2) is 5.76 Å². The zero-order valence-electron chi connectivity index (χ0n) is 17.5. The first-order chi connectivity index (χ1) is 14.6. The van der Waals surface area contributed by atoms with Gasteiger partial charge in [0, 0.05) is 23.1 Å². The molecular formula is C26H27NO3. The minimum atomic E-state index is -0.173. The SMILES string of the molecule is Cc1c(C(=O)NCC(C)c2ccccc2)oc2ccc3c(c12)C=CC1(CCCC1)O3. The Kier molecular flexibility index (Phi) is 4.65. The summed E-state index contributed by atoms with van der Waals surface area (Å²) < 4.78 is 12.4. The number of rotatable bonds is 4. The molecule has 5 rings (SSSR count). The molecule has 4 nitrogen and oxygen atoms in total. The fourth-order valence-corrected chi connectivity index (χ4v) is 4.78. The predicted molar refractivity (Wildman–Crippen MR) is 119 cm³/mol. The van der Waals surface area contributed by atoms with Gasteiger partial charge in [0.05, 0.1) is 0 Å². The first kappa shape index (κ1) is 19.0. The number of benzene rings is 2. The Bertz CT molecular complexity index is 1120. The minimum absolute atomic E-state index is 0.147. The predicted octanol–water partition coefficient (Wildman–Crippen LogP) is 5.99. The van der Waals surface area contributed by atoms with E-state index in [1.165, 1.54) is 18.4 Å². The third kappa shape index (κ3) is 3.20. The zero-order valence-corrected chi connectivity index (χ0v) is 17.5. The molecule has 1 aliphatic heterocycles. The first-order valence-corrected chi connectivity index (χ1v) is 10.8. The van der Waals surface area contributed by atoms with Crippen molar-refractivity contribution in [3.05, 3.63) is 71.0 Å². The number of fused-ring (bicyclic) bond motifs is 3. The van der Waals surface area contributed by atoms with E-state index >= 15 is 0 Å². The van der Waals surface area contributed by atoms with Gasteiger partial charge in [-0.25, -0.2) is 0 Å². The smallest absolute Gasteiger partial charge is 0.287 e. The Balaban J connectivity index is 1.40. The van der Waals surface area contributed by atoms with Crippen LogP contribution in [-0.4, -0.2) is 18.1 Å². The van der Waals surface area contributed by atoms with E-state index in [2.05, 4.69) is 36.5 Å². The molecule has 1 saturated carbocycles. The van der Waals surface area contributed by atoms with Gasteiger partial charge < -0.3 is 14.5 Å². The van der Waals surface area contributed by atoms with Gasteiger partial charge in [-0.3, -0.25) is 4.79 Å². The minimum Gasteiger partial charge on any atom is -0.483 e. The Morgan fingerprint density at radius 1 is 1.13 bits per heavy atom. The van der Waals surface area contributed by atoms with Crippen LogP contribution in [-0.2, 0) is 0 Å². The highest BCUT2D eigenvalue weighted by Gasteiger charge is 2.36. The van der Waals surface area contributed by atoms with Gasteiger partial charge in [0.25, 0.3) is 5.91 Å². The maximum atomic E-state index is 12.9. The van der Waals surface area contributed by atoms with Crippen molar-refractivity contribution >= 4 is 23.0 Å². The molecular weight excluding hydrogens is 374 g/mol. The van der Waals surface area contributed by atoms with Gasteiger partial charge >= 0.3 is 0 Å². The molecule has 0 bridgehead atoms. The molecule has 1 fully saturated rings. The van der Waals surface area contributed by atoms with E-state index in [1.807, 2.05) is 37.3 Å². The highest BCUT2D eigenvalue weighted by molar-refractivity contribution is 6.02. The van der Waals surface area contributed by atoms with Gasteiger partial charge in [-0.2, -0.15) is 0 Å². The Hall–Kier alpha value is -3.01. The standard InChI is InChI=1S/C26H27NO3/c1-17(19-8-4-3-5-9-19)16-27-25(28)24-18(2)23-20-12-15-26(13-6-7-14-26)30-21(20)10-11-22(23)29-24/h3-5,8-12,15,17H,6-7,13-14,16H2,1-2H3,(H,27,28). The first-order valence-electron chi connectivity index (χ1n) is 10.8. The van der Waals surface area contributed by atoms with Crippen molar-refractivity contribution in [1.82, 2.24) is 5.32 Å². The summed E-state index contributed by atoms with van der Waals surface area (Å²) in [6, 6.07) is 14.1. The largest absolute Gasteiger partial charge is 0.483 e. The van der Waals surface area contributed by atoms with Crippen molar-refractivity contribution in [1.29, 1.82) is 0 Å². The summed E-state index contributed by atoms with van der Waals surface area (Å²) in [6.07, 6.45) is 8.91. The van der Waals surface area contributed by atoms with Gasteiger partial charge in [0.1, 0.15) is 16.9 Å². The summed E-state index contributed by atoms with van der Waals surface area (Å²) in [5, 5.41) is 4.01. The number of hydrogen-bond donors (Lipinski definition) is 1. The van der Waals surface area contributed by atoms with Crippen LogP contribution in [0.3, 0.4) is 0 Å². The van der Waals surface area contributed by atoms with Crippen molar-refractivity contribution < 1.29 is 13.9 Å². The average molecular weight is 402 g/mol. The van der Waals surface area contributed by atoms with Crippen LogP contribution in [0.1, 0.15) is 65.8 Å². The zero-order chi connectivity index (χ0) is 20.7. The van der Waals surface area contributed by atoms with E-state index in [1.54, 1.807) is 0 Å². The van der Waals surface area contributed by atoms with Crippen LogP contribution >= 0.6 is 0 Å². The third-order valence-electron chi connectivity index (χ3n) is 6.56. The lowest BCUT2D eigenvalue weighted by Crippen LogP contribution is -2.31. The van der Waals surface area contributed by atoms with Crippen LogP contribution in [0.25, 0.3) is 17.0 Å². The molecule has 154 valence electrons. The van der Waals surface area contributed by atoms with Crippen LogP contribution in [0.15, 0.2) is 53.0 Å². The molecule has 1 aromatic heterocycles. The molecule has 0 radical (unpaired) electrons. The summed E-state index contributed by atoms with van der Waals surface area (Å²) in [5.74, 6) is 1.33. The molecule has 1 N–H and O–H groups in total. The van der Waals surface area contributed by atoms with E-state index in [4.69, 9.17) is 9.15 Å². The van der Waals surface area contributed by atoms with Gasteiger partial charge in [-0.05, 0) is 62.3 Å². The van der Waals surface area contributed by atoms with Crippen LogP contribution in [0.5, 0.6) is 5.75 Å². The summed E-state index contributed by atoms with van der Waals surface area (Å²) in [7, 11) is 0. The van der Waals surface area contributed by atoms with Gasteiger partial charge in [-0.1, -0.05) is 43.3 Å². The Labute approximate surface area is 176 Å². The molecule has 2 aliphatic rings. The second-order valence-corrected chi connectivity index (χ2v) is 8.64. The number of carbonyl (C=O) groups is 1. The van der Waals surface area contributed by atoms with Crippen molar-refractivity contribution in [2.24, 2.45) is 0 Å². The molecule has 1 unspecified atom stereocenters. The second-order valence-electron chi connectivity index (χ2n) is 8.64. The normalized spacial score (nSPS) is 17.7. The van der Waals surface area contributed by atoms with E-state index in [-0.39, 0.29) is 17.4 Å². The van der Waals surface area contributed by atoms with Crippen LogP contribution in [0.4, 0.5) is 0 Å². The lowest BCUT2D eigenvalue weighted by molar-refractivity contribution is 0.0925. The number of carbonyl (C=O) groups excluding carboxylic acids is 1. The quantitative estimate of drug-likeness (QED) is 0.584. The van der Waals surface area contributed by atoms with Gasteiger partial charge in [-0.15, -0.1) is 0 Å². The molecule has 2 heterocycles. The molecule has 30 heavy (non-hydrogen) atoms. The third-order valence-corrected chi connectivity index (χ3v) is 6.56. The monoisotopic (exact) mass is 401 g/mol. The molecule has 1 amide bonds. The molecule has 1 atom stereocenters. The summed E-state index contributed by atoms with van der Waals surface area (Å²) >= 11 is 0. The second kappa shape index (κ2) is 7.35. The van der Waals surface area contributed by atoms with E-state index in [9.17, 15) is 4.79 Å². The Morgan fingerprint density at radius 2 is 1.90 bits per heavy atom. The maximum absolute atomic E-state index is 12.9. The summed E-state index contributed by atoms with van der Waals surface area (Å²) in [6.45, 7) is 4.62. The number of hydrogen-bond acceptors (Lipinski definition) is 3. The summed E-state index contributed by atoms with van der Waals surface area (Å²) in [5.41, 5.74) is 3.66. The molecule has 1 aliphatic carbocycles. The fourth-order valence-electron chi connectivity index (χ4n) is 4.78. The van der Waals surface area contributed by atoms with Crippen molar-refractivity contribution in [2.75, 3.05) is 6.54 Å². The van der Waals surface area contributed by atoms with Crippen molar-refractivity contribution in [3.63, 3.8) is 0 Å². The molecule has 3 aromatic rings. The summed E-state index contributed by atoms with van der Waals surface area (Å²) in [4.78, 5) is 12.9. The van der Waals surface area contributed by atoms with E-state index in [0.717, 1.165) is 40.7 Å². The van der Waals surface area contributed by atoms with Crippen LogP contribution in [0, 0.1) is 6.92 Å². The topological polar surface area (TPSA) is 51.5 Å². The number of furan rings is 1. The van der Waals surface area contributed by atoms with E-state index < -0.39 is 0 Å². The molecule has 4 heteroatoms. The number of amides is 1.